The molecule has 0 aromatic heterocycles. The Balaban J connectivity index is 1.29. The number of hydrogen-bond acceptors (Lipinski definition) is 10. The molecule has 0 spiro atoms. The summed E-state index contributed by atoms with van der Waals surface area (Å²) in [6.45, 7) is -0.515. The monoisotopic (exact) mass is 753 g/mol. The number of ether oxygens (including phenoxy) is 3. The summed E-state index contributed by atoms with van der Waals surface area (Å²) in [5.74, 6) is -2.34. The summed E-state index contributed by atoms with van der Waals surface area (Å²) in [6.07, 6.45) is -0.348. The number of benzene rings is 4. The maximum absolute atomic E-state index is 12.7. The number of anilines is 2. The second-order valence-corrected chi connectivity index (χ2v) is 12.1. The van der Waals surface area contributed by atoms with Gasteiger partial charge in [0.25, 0.3) is 5.91 Å². The number of nitriles is 2. The van der Waals surface area contributed by atoms with Gasteiger partial charge in [0.15, 0.2) is 11.5 Å². The highest BCUT2D eigenvalue weighted by Gasteiger charge is 2.19. The Morgan fingerprint density at radius 1 is 0.640 bits per heavy atom. The van der Waals surface area contributed by atoms with Crippen molar-refractivity contribution in [3.8, 4) is 23.6 Å². The second kappa shape index (κ2) is 17.5. The van der Waals surface area contributed by atoms with Gasteiger partial charge in [0.2, 0.25) is 0 Å². The van der Waals surface area contributed by atoms with E-state index in [0.717, 1.165) is 11.4 Å². The zero-order chi connectivity index (χ0) is 36.4. The zero-order valence-corrected chi connectivity index (χ0v) is 29.5. The Morgan fingerprint density at radius 3 is 1.54 bits per heavy atom. The second-order valence-electron chi connectivity index (χ2n) is 10.5. The van der Waals surface area contributed by atoms with Gasteiger partial charge in [-0.2, -0.15) is 10.5 Å². The van der Waals surface area contributed by atoms with Gasteiger partial charge in [-0.05, 0) is 77.4 Å². The third-order valence-corrected chi connectivity index (χ3v) is 8.00. The van der Waals surface area contributed by atoms with Crippen LogP contribution in [0.15, 0.2) is 60.7 Å². The average molecular weight is 755 g/mol. The largest absolute Gasteiger partial charge is 0.486 e. The molecule has 4 rings (SSSR count). The van der Waals surface area contributed by atoms with Gasteiger partial charge in [0.05, 0.1) is 49.8 Å². The van der Waals surface area contributed by atoms with Gasteiger partial charge in [-0.15, -0.1) is 0 Å². The smallest absolute Gasteiger partial charge is 0.333 e. The molecule has 0 heterocycles. The molecule has 0 aliphatic heterocycles. The lowest BCUT2D eigenvalue weighted by atomic mass is 10.1. The molecule has 15 heteroatoms. The van der Waals surface area contributed by atoms with Gasteiger partial charge in [-0.3, -0.25) is 9.59 Å². The van der Waals surface area contributed by atoms with E-state index in [1.807, 2.05) is 6.07 Å². The number of esters is 2. The Bertz CT molecular complexity index is 2000. The molecule has 3 N–H and O–H groups in total. The van der Waals surface area contributed by atoms with Gasteiger partial charge in [-0.1, -0.05) is 46.4 Å². The van der Waals surface area contributed by atoms with Crippen LogP contribution in [-0.4, -0.2) is 38.5 Å². The van der Waals surface area contributed by atoms with Crippen LogP contribution in [0.2, 0.25) is 20.1 Å². The van der Waals surface area contributed by atoms with Crippen molar-refractivity contribution in [3.05, 3.63) is 114 Å². The fourth-order valence-electron chi connectivity index (χ4n) is 4.58. The van der Waals surface area contributed by atoms with Crippen molar-refractivity contribution in [1.29, 1.82) is 10.5 Å². The number of nitrogens with one attached hydrogen (secondary N) is 3. The predicted octanol–water partition coefficient (Wildman–Crippen LogP) is 7.33. The molecule has 4 aromatic carbocycles. The summed E-state index contributed by atoms with van der Waals surface area (Å²) in [4.78, 5) is 37.5. The first kappa shape index (κ1) is 37.6. The number of halogens is 4. The first-order chi connectivity index (χ1) is 23.9. The number of carbonyl (C=O) groups excluding carboxylic acids is 3. The first-order valence-electron chi connectivity index (χ1n) is 14.6. The minimum absolute atomic E-state index is 0.0299. The third-order valence-electron chi connectivity index (χ3n) is 6.88. The van der Waals surface area contributed by atoms with Crippen LogP contribution < -0.4 is 25.4 Å². The number of rotatable bonds is 13. The van der Waals surface area contributed by atoms with Gasteiger partial charge >= 0.3 is 11.9 Å². The molecule has 11 nitrogen and oxygen atoms in total. The van der Waals surface area contributed by atoms with Crippen LogP contribution in [0.1, 0.15) is 38.2 Å². The summed E-state index contributed by atoms with van der Waals surface area (Å²) in [7, 11) is 3.45. The molecule has 0 saturated heterocycles. The molecule has 0 radical (unpaired) electrons. The number of hydrogen-bond donors (Lipinski definition) is 3. The fraction of sp³-hybridized carbons (Fsp3) is 0.171. The molecule has 0 bridgehead atoms. The SMILES string of the molecule is CNc1cc(C#N)cc(COc2c(Cl)cc(CC(=O)OC(=O)CNC(=O)c3cc(Cl)c(OCc4cc(C#N)cc(NC)c4)c(Cl)c3)cc2Cl)c1. The minimum atomic E-state index is -1.02. The topological polar surface area (TPSA) is 163 Å². The van der Waals surface area contributed by atoms with E-state index in [4.69, 9.17) is 60.6 Å². The van der Waals surface area contributed by atoms with Crippen molar-refractivity contribution in [2.45, 2.75) is 19.6 Å². The maximum Gasteiger partial charge on any atom is 0.333 e. The van der Waals surface area contributed by atoms with Gasteiger partial charge in [0, 0.05) is 31.0 Å². The highest BCUT2D eigenvalue weighted by atomic mass is 35.5. The molecule has 0 aliphatic carbocycles. The van der Waals surface area contributed by atoms with Crippen molar-refractivity contribution < 1.29 is 28.6 Å². The molecule has 0 aliphatic rings. The Morgan fingerprint density at radius 2 is 1.10 bits per heavy atom. The molecular weight excluding hydrogens is 728 g/mol. The molecule has 0 saturated carbocycles. The van der Waals surface area contributed by atoms with Crippen molar-refractivity contribution in [2.24, 2.45) is 0 Å². The lowest BCUT2D eigenvalue weighted by molar-refractivity contribution is -0.158. The number of carbonyl (C=O) groups is 3. The van der Waals surface area contributed by atoms with Gasteiger partial charge in [-0.25, -0.2) is 4.79 Å². The Hall–Kier alpha value is -5.17. The average Bonchev–Trinajstić information content (AvgIpc) is 3.09. The lowest BCUT2D eigenvalue weighted by Crippen LogP contribution is -2.32. The molecular formula is C35H27Cl4N5O6. The van der Waals surface area contributed by atoms with E-state index in [1.165, 1.54) is 24.3 Å². The van der Waals surface area contributed by atoms with Crippen LogP contribution in [-0.2, 0) is 34.0 Å². The van der Waals surface area contributed by atoms with Gasteiger partial charge < -0.3 is 30.2 Å². The van der Waals surface area contributed by atoms with E-state index < -0.39 is 24.4 Å². The predicted molar refractivity (Wildman–Crippen MR) is 190 cm³/mol. The number of nitrogens with zero attached hydrogens (tertiary/aromatic N) is 2. The quantitative estimate of drug-likeness (QED) is 0.0931. The highest BCUT2D eigenvalue weighted by Crippen LogP contribution is 2.36. The summed E-state index contributed by atoms with van der Waals surface area (Å²) in [6, 6.07) is 20.0. The van der Waals surface area contributed by atoms with E-state index in [1.54, 1.807) is 44.4 Å². The minimum Gasteiger partial charge on any atom is -0.486 e. The lowest BCUT2D eigenvalue weighted by Gasteiger charge is -2.13. The molecule has 0 atom stereocenters. The fourth-order valence-corrected chi connectivity index (χ4v) is 5.82. The molecule has 0 fully saturated rings. The first-order valence-corrected chi connectivity index (χ1v) is 16.1. The van der Waals surface area contributed by atoms with E-state index >= 15 is 0 Å². The normalized spacial score (nSPS) is 10.3. The van der Waals surface area contributed by atoms with E-state index in [2.05, 4.69) is 28.1 Å². The van der Waals surface area contributed by atoms with Crippen molar-refractivity contribution in [1.82, 2.24) is 5.32 Å². The van der Waals surface area contributed by atoms with E-state index in [-0.39, 0.29) is 56.8 Å². The summed E-state index contributed by atoms with van der Waals surface area (Å²) in [5, 5.41) is 27.1. The molecule has 50 heavy (non-hydrogen) atoms. The van der Waals surface area contributed by atoms with Crippen LogP contribution in [0, 0.1) is 22.7 Å². The van der Waals surface area contributed by atoms with Crippen LogP contribution in [0.25, 0.3) is 0 Å². The van der Waals surface area contributed by atoms with E-state index in [9.17, 15) is 24.9 Å². The standard InChI is InChI=1S/C35H27Cl4N5O6/c1-42-25-5-20(14-40)3-22(7-25)17-48-33-27(36)9-19(10-28(33)37)11-31(45)50-32(46)16-44-35(47)24-12-29(38)34(30(39)13-24)49-18-23-4-21(15-41)6-26(8-23)43-2/h3-10,12-13,42-43H,11,16-18H2,1-2H3,(H,44,47). The Labute approximate surface area is 307 Å². The Kier molecular flexibility index (Phi) is 13.2. The summed E-state index contributed by atoms with van der Waals surface area (Å²) in [5.41, 5.74) is 4.12. The van der Waals surface area contributed by atoms with Crippen molar-refractivity contribution in [2.75, 3.05) is 31.3 Å². The van der Waals surface area contributed by atoms with E-state index in [0.29, 0.717) is 27.8 Å². The molecule has 256 valence electrons. The van der Waals surface area contributed by atoms with Crippen molar-refractivity contribution >= 4 is 75.6 Å². The summed E-state index contributed by atoms with van der Waals surface area (Å²) >= 11 is 25.4. The maximum atomic E-state index is 12.7. The van der Waals surface area contributed by atoms with Crippen LogP contribution in [0.4, 0.5) is 11.4 Å². The number of amides is 1. The molecule has 1 amide bonds. The van der Waals surface area contributed by atoms with Crippen molar-refractivity contribution in [3.63, 3.8) is 0 Å². The van der Waals surface area contributed by atoms with Gasteiger partial charge in [0.1, 0.15) is 19.8 Å². The van der Waals surface area contributed by atoms with Crippen LogP contribution in [0.3, 0.4) is 0 Å². The third kappa shape index (κ3) is 10.2. The zero-order valence-electron chi connectivity index (χ0n) is 26.5. The van der Waals surface area contributed by atoms with Crippen LogP contribution in [0.5, 0.6) is 11.5 Å². The highest BCUT2D eigenvalue weighted by molar-refractivity contribution is 6.38. The van der Waals surface area contributed by atoms with Crippen LogP contribution >= 0.6 is 46.4 Å². The molecule has 4 aromatic rings. The molecule has 0 unspecified atom stereocenters. The summed E-state index contributed by atoms with van der Waals surface area (Å²) < 4.78 is 16.4.